The van der Waals surface area contributed by atoms with E-state index in [1.54, 1.807) is 15.9 Å². The maximum Gasteiger partial charge on any atom is 0.227 e. The highest BCUT2D eigenvalue weighted by molar-refractivity contribution is 5.86. The van der Waals surface area contributed by atoms with Crippen molar-refractivity contribution in [3.63, 3.8) is 0 Å². The number of fused-ring (bicyclic) bond motifs is 1. The van der Waals surface area contributed by atoms with E-state index in [4.69, 9.17) is 4.98 Å². The molecule has 0 bridgehead atoms. The molecule has 1 amide bonds. The molecule has 6 nitrogen and oxygen atoms in total. The fourth-order valence-corrected chi connectivity index (χ4v) is 3.79. The average Bonchev–Trinajstić information content (AvgIpc) is 3.30. The van der Waals surface area contributed by atoms with Gasteiger partial charge >= 0.3 is 0 Å². The summed E-state index contributed by atoms with van der Waals surface area (Å²) in [6.07, 6.45) is 3.51. The number of carbonyl (C=O) groups is 1. The summed E-state index contributed by atoms with van der Waals surface area (Å²) < 4.78 is 1.71. The molecular weight excluding hydrogens is 374 g/mol. The first-order valence-electron chi connectivity index (χ1n) is 10.0. The number of hydrogen-bond donors (Lipinski definition) is 0. The Hall–Kier alpha value is -3.54. The lowest BCUT2D eigenvalue weighted by atomic mass is 9.98. The van der Waals surface area contributed by atoms with Crippen molar-refractivity contribution in [3.05, 3.63) is 83.6 Å². The van der Waals surface area contributed by atoms with Crippen LogP contribution < -0.4 is 0 Å². The van der Waals surface area contributed by atoms with Crippen LogP contribution in [0.1, 0.15) is 35.3 Å². The third-order valence-corrected chi connectivity index (χ3v) is 5.85. The standard InChI is InChI=1S/C24H25N5O/c1-16-21-7-5-6-8-23(21)27-17(2)22(16)13-24(30)28(4)18(3)19-9-11-20(12-10-19)29-15-25-14-26-29/h5-12,14-15,18H,13H2,1-4H3. The predicted octanol–water partition coefficient (Wildman–Crippen LogP) is 4.19. The molecule has 1 atom stereocenters. The molecule has 2 aromatic heterocycles. The van der Waals surface area contributed by atoms with Crippen LogP contribution in [0, 0.1) is 13.8 Å². The maximum absolute atomic E-state index is 13.1. The number of rotatable bonds is 5. The van der Waals surface area contributed by atoms with Gasteiger partial charge in [0.05, 0.1) is 23.7 Å². The van der Waals surface area contributed by atoms with Crippen LogP contribution >= 0.6 is 0 Å². The molecule has 2 aromatic carbocycles. The molecule has 0 saturated carbocycles. The van der Waals surface area contributed by atoms with Crippen molar-refractivity contribution in [2.75, 3.05) is 7.05 Å². The first kappa shape index (κ1) is 19.8. The SMILES string of the molecule is Cc1nc2ccccc2c(C)c1CC(=O)N(C)C(C)c1ccc(-n2cncn2)cc1. The van der Waals surface area contributed by atoms with Gasteiger partial charge in [-0.3, -0.25) is 9.78 Å². The third-order valence-electron chi connectivity index (χ3n) is 5.85. The fourth-order valence-electron chi connectivity index (χ4n) is 3.79. The number of para-hydroxylation sites is 1. The van der Waals surface area contributed by atoms with Crippen LogP contribution in [-0.2, 0) is 11.2 Å². The molecule has 2 heterocycles. The molecule has 4 aromatic rings. The zero-order valence-electron chi connectivity index (χ0n) is 17.7. The number of hydrogen-bond acceptors (Lipinski definition) is 4. The summed E-state index contributed by atoms with van der Waals surface area (Å²) in [6, 6.07) is 16.1. The second-order valence-electron chi connectivity index (χ2n) is 7.61. The first-order chi connectivity index (χ1) is 14.5. The lowest BCUT2D eigenvalue weighted by Crippen LogP contribution is -2.31. The van der Waals surface area contributed by atoms with E-state index in [1.807, 2.05) is 63.4 Å². The number of amides is 1. The van der Waals surface area contributed by atoms with Crippen LogP contribution in [-0.4, -0.2) is 37.6 Å². The highest BCUT2D eigenvalue weighted by Crippen LogP contribution is 2.25. The Balaban J connectivity index is 1.53. The monoisotopic (exact) mass is 399 g/mol. The van der Waals surface area contributed by atoms with Crippen molar-refractivity contribution in [1.82, 2.24) is 24.6 Å². The van der Waals surface area contributed by atoms with Crippen LogP contribution in [0.2, 0.25) is 0 Å². The minimum absolute atomic E-state index is 0.0451. The summed E-state index contributed by atoms with van der Waals surface area (Å²) in [5.41, 5.74) is 6.03. The normalized spacial score (nSPS) is 12.1. The van der Waals surface area contributed by atoms with Crippen molar-refractivity contribution in [3.8, 4) is 5.69 Å². The molecule has 0 N–H and O–H groups in total. The fraction of sp³-hybridized carbons (Fsp3) is 0.250. The summed E-state index contributed by atoms with van der Waals surface area (Å²) in [7, 11) is 1.86. The number of likely N-dealkylation sites (N-methyl/N-ethyl adjacent to an activating group) is 1. The molecule has 0 saturated heterocycles. The van der Waals surface area contributed by atoms with Gasteiger partial charge in [-0.15, -0.1) is 0 Å². The molecule has 4 rings (SSSR count). The van der Waals surface area contributed by atoms with E-state index in [9.17, 15) is 4.79 Å². The molecule has 0 aliphatic heterocycles. The van der Waals surface area contributed by atoms with E-state index >= 15 is 0 Å². The molecule has 152 valence electrons. The summed E-state index contributed by atoms with van der Waals surface area (Å²) in [6.45, 7) is 6.10. The molecule has 30 heavy (non-hydrogen) atoms. The van der Waals surface area contributed by atoms with Crippen molar-refractivity contribution in [2.24, 2.45) is 0 Å². The second kappa shape index (κ2) is 8.06. The molecule has 1 unspecified atom stereocenters. The number of aryl methyl sites for hydroxylation is 2. The number of nitrogens with zero attached hydrogens (tertiary/aromatic N) is 5. The lowest BCUT2D eigenvalue weighted by Gasteiger charge is -2.26. The zero-order valence-corrected chi connectivity index (χ0v) is 17.7. The van der Waals surface area contributed by atoms with Crippen molar-refractivity contribution >= 4 is 16.8 Å². The molecule has 6 heteroatoms. The molecule has 0 fully saturated rings. The van der Waals surface area contributed by atoms with E-state index < -0.39 is 0 Å². The molecule has 0 spiro atoms. The van der Waals surface area contributed by atoms with Gasteiger partial charge in [0, 0.05) is 18.1 Å². The van der Waals surface area contributed by atoms with Gasteiger partial charge in [0.15, 0.2) is 0 Å². The van der Waals surface area contributed by atoms with Crippen LogP contribution in [0.15, 0.2) is 61.2 Å². The highest BCUT2D eigenvalue weighted by atomic mass is 16.2. The van der Waals surface area contributed by atoms with Crippen LogP contribution in [0.5, 0.6) is 0 Å². The first-order valence-corrected chi connectivity index (χ1v) is 10.0. The summed E-state index contributed by atoms with van der Waals surface area (Å²) in [4.78, 5) is 23.6. The van der Waals surface area contributed by atoms with E-state index in [0.29, 0.717) is 6.42 Å². The van der Waals surface area contributed by atoms with Gasteiger partial charge in [0.2, 0.25) is 5.91 Å². The Morgan fingerprint density at radius 1 is 1.10 bits per heavy atom. The van der Waals surface area contributed by atoms with Crippen LogP contribution in [0.4, 0.5) is 0 Å². The van der Waals surface area contributed by atoms with E-state index in [2.05, 4.69) is 23.1 Å². The predicted molar refractivity (Wildman–Crippen MR) is 117 cm³/mol. The van der Waals surface area contributed by atoms with Crippen LogP contribution in [0.25, 0.3) is 16.6 Å². The van der Waals surface area contributed by atoms with Crippen molar-refractivity contribution < 1.29 is 4.79 Å². The lowest BCUT2D eigenvalue weighted by molar-refractivity contribution is -0.131. The second-order valence-corrected chi connectivity index (χ2v) is 7.61. The maximum atomic E-state index is 13.1. The Kier molecular flexibility index (Phi) is 5.31. The van der Waals surface area contributed by atoms with Gasteiger partial charge in [-0.1, -0.05) is 30.3 Å². The van der Waals surface area contributed by atoms with Gasteiger partial charge in [0.25, 0.3) is 0 Å². The van der Waals surface area contributed by atoms with E-state index in [-0.39, 0.29) is 11.9 Å². The molecule has 0 aliphatic carbocycles. The quantitative estimate of drug-likeness (QED) is 0.505. The largest absolute Gasteiger partial charge is 0.339 e. The van der Waals surface area contributed by atoms with Gasteiger partial charge in [-0.25, -0.2) is 9.67 Å². The Labute approximate surface area is 176 Å². The van der Waals surface area contributed by atoms with Gasteiger partial charge in [0.1, 0.15) is 12.7 Å². The number of benzene rings is 2. The Morgan fingerprint density at radius 3 is 2.53 bits per heavy atom. The third kappa shape index (κ3) is 3.68. The minimum Gasteiger partial charge on any atom is -0.339 e. The Morgan fingerprint density at radius 2 is 1.83 bits per heavy atom. The smallest absolute Gasteiger partial charge is 0.227 e. The Bertz CT molecular complexity index is 1180. The number of carbonyl (C=O) groups excluding carboxylic acids is 1. The number of aromatic nitrogens is 4. The summed E-state index contributed by atoms with van der Waals surface area (Å²) >= 11 is 0. The van der Waals surface area contributed by atoms with E-state index in [1.165, 1.54) is 6.33 Å². The molecule has 0 aliphatic rings. The van der Waals surface area contributed by atoms with Gasteiger partial charge in [-0.05, 0) is 55.7 Å². The minimum atomic E-state index is -0.0451. The molecule has 0 radical (unpaired) electrons. The zero-order chi connectivity index (χ0) is 21.3. The van der Waals surface area contributed by atoms with Gasteiger partial charge in [-0.2, -0.15) is 5.10 Å². The van der Waals surface area contributed by atoms with Crippen molar-refractivity contribution in [1.29, 1.82) is 0 Å². The molecular formula is C24H25N5O. The van der Waals surface area contributed by atoms with Gasteiger partial charge < -0.3 is 4.90 Å². The van der Waals surface area contributed by atoms with Crippen LogP contribution in [0.3, 0.4) is 0 Å². The topological polar surface area (TPSA) is 63.9 Å². The summed E-state index contributed by atoms with van der Waals surface area (Å²) in [5.74, 6) is 0.0751. The highest BCUT2D eigenvalue weighted by Gasteiger charge is 2.20. The van der Waals surface area contributed by atoms with E-state index in [0.717, 1.165) is 39.0 Å². The van der Waals surface area contributed by atoms with Crippen molar-refractivity contribution in [2.45, 2.75) is 33.2 Å². The average molecular weight is 399 g/mol. The summed E-state index contributed by atoms with van der Waals surface area (Å²) in [5, 5.41) is 5.25. The number of pyridine rings is 1.